The molecule has 1 aliphatic rings. The zero-order valence-corrected chi connectivity index (χ0v) is 13.9. The second-order valence-corrected chi connectivity index (χ2v) is 6.18. The number of aryl methyl sites for hydroxylation is 1. The van der Waals surface area contributed by atoms with Gasteiger partial charge in [-0.25, -0.2) is 0 Å². The number of para-hydroxylation sites is 1. The Balaban J connectivity index is 1.81. The SMILES string of the molecule is Cc1nc2ccc(Oc3ccccc3)cc2c2c1CCN2CC(=O)O. The first-order chi connectivity index (χ1) is 12.1. The van der Waals surface area contributed by atoms with Gasteiger partial charge in [-0.05, 0) is 49.2 Å². The first-order valence-electron chi connectivity index (χ1n) is 8.25. The molecule has 1 aromatic heterocycles. The second kappa shape index (κ2) is 6.09. The number of hydrogen-bond donors (Lipinski definition) is 1. The Bertz CT molecular complexity index is 954. The number of anilines is 1. The van der Waals surface area contributed by atoms with E-state index in [0.29, 0.717) is 12.3 Å². The van der Waals surface area contributed by atoms with Gasteiger partial charge in [0.05, 0.1) is 11.2 Å². The molecule has 126 valence electrons. The summed E-state index contributed by atoms with van der Waals surface area (Å²) in [5.74, 6) is 0.654. The van der Waals surface area contributed by atoms with Gasteiger partial charge in [0.15, 0.2) is 0 Å². The van der Waals surface area contributed by atoms with E-state index in [1.165, 1.54) is 0 Å². The molecule has 3 aromatic rings. The topological polar surface area (TPSA) is 62.7 Å². The fourth-order valence-electron chi connectivity index (χ4n) is 3.41. The summed E-state index contributed by atoms with van der Waals surface area (Å²) in [5, 5.41) is 10.1. The van der Waals surface area contributed by atoms with Gasteiger partial charge in [-0.2, -0.15) is 0 Å². The van der Waals surface area contributed by atoms with Crippen molar-refractivity contribution in [2.75, 3.05) is 18.0 Å². The number of aromatic nitrogens is 1. The van der Waals surface area contributed by atoms with Crippen LogP contribution in [0.2, 0.25) is 0 Å². The van der Waals surface area contributed by atoms with Crippen molar-refractivity contribution < 1.29 is 14.6 Å². The molecule has 5 nitrogen and oxygen atoms in total. The minimum Gasteiger partial charge on any atom is -0.480 e. The van der Waals surface area contributed by atoms with Crippen molar-refractivity contribution in [3.8, 4) is 11.5 Å². The molecular formula is C20H18N2O3. The molecular weight excluding hydrogens is 316 g/mol. The summed E-state index contributed by atoms with van der Waals surface area (Å²) in [4.78, 5) is 17.8. The Kier molecular flexibility index (Phi) is 3.76. The fourth-order valence-corrected chi connectivity index (χ4v) is 3.41. The number of benzene rings is 2. The number of fused-ring (bicyclic) bond motifs is 3. The number of pyridine rings is 1. The predicted octanol–water partition coefficient (Wildman–Crippen LogP) is 3.78. The Labute approximate surface area is 145 Å². The van der Waals surface area contributed by atoms with Crippen molar-refractivity contribution in [3.63, 3.8) is 0 Å². The van der Waals surface area contributed by atoms with Crippen molar-refractivity contribution in [1.82, 2.24) is 4.98 Å². The van der Waals surface area contributed by atoms with Crippen LogP contribution in [0.5, 0.6) is 11.5 Å². The van der Waals surface area contributed by atoms with Crippen molar-refractivity contribution in [3.05, 3.63) is 59.8 Å². The standard InChI is InChI=1S/C20H18N2O3/c1-13-16-9-10-22(12-19(23)24)20(16)17-11-15(7-8-18(17)21-13)25-14-5-3-2-4-6-14/h2-8,11H,9-10,12H2,1H3,(H,23,24). The average Bonchev–Trinajstić information content (AvgIpc) is 3.00. The van der Waals surface area contributed by atoms with Crippen LogP contribution in [0.15, 0.2) is 48.5 Å². The molecule has 0 unspecified atom stereocenters. The highest BCUT2D eigenvalue weighted by atomic mass is 16.5. The molecule has 2 heterocycles. The van der Waals surface area contributed by atoms with Gasteiger partial charge in [0.1, 0.15) is 18.0 Å². The van der Waals surface area contributed by atoms with Crippen LogP contribution in [0, 0.1) is 6.92 Å². The lowest BCUT2D eigenvalue weighted by Crippen LogP contribution is -2.27. The van der Waals surface area contributed by atoms with Gasteiger partial charge in [0.25, 0.3) is 0 Å². The zero-order chi connectivity index (χ0) is 17.4. The van der Waals surface area contributed by atoms with E-state index >= 15 is 0 Å². The highest BCUT2D eigenvalue weighted by Gasteiger charge is 2.26. The molecule has 1 aliphatic heterocycles. The maximum atomic E-state index is 11.2. The Hall–Kier alpha value is -3.08. The van der Waals surface area contributed by atoms with Crippen molar-refractivity contribution in [1.29, 1.82) is 0 Å². The zero-order valence-electron chi connectivity index (χ0n) is 13.9. The molecule has 1 N–H and O–H groups in total. The predicted molar refractivity (Wildman–Crippen MR) is 96.5 cm³/mol. The number of hydrogen-bond acceptors (Lipinski definition) is 4. The summed E-state index contributed by atoms with van der Waals surface area (Å²) < 4.78 is 5.93. The van der Waals surface area contributed by atoms with Gasteiger partial charge in [-0.1, -0.05) is 18.2 Å². The van der Waals surface area contributed by atoms with Crippen LogP contribution < -0.4 is 9.64 Å². The molecule has 4 rings (SSSR count). The molecule has 0 radical (unpaired) electrons. The first-order valence-corrected chi connectivity index (χ1v) is 8.25. The molecule has 0 atom stereocenters. The van der Waals surface area contributed by atoms with Crippen LogP contribution in [0.4, 0.5) is 5.69 Å². The summed E-state index contributed by atoms with van der Waals surface area (Å²) in [5.41, 5.74) is 3.93. The quantitative estimate of drug-likeness (QED) is 0.786. The van der Waals surface area contributed by atoms with Gasteiger partial charge in [0.2, 0.25) is 0 Å². The Morgan fingerprint density at radius 3 is 2.76 bits per heavy atom. The van der Waals surface area contributed by atoms with Gasteiger partial charge in [0, 0.05) is 17.6 Å². The smallest absolute Gasteiger partial charge is 0.323 e. The molecule has 2 aromatic carbocycles. The fraction of sp³-hybridized carbons (Fsp3) is 0.200. The summed E-state index contributed by atoms with van der Waals surface area (Å²) >= 11 is 0. The van der Waals surface area contributed by atoms with Gasteiger partial charge in [-0.3, -0.25) is 9.78 Å². The largest absolute Gasteiger partial charge is 0.480 e. The summed E-state index contributed by atoms with van der Waals surface area (Å²) in [6.45, 7) is 2.68. The van der Waals surface area contributed by atoms with E-state index in [9.17, 15) is 9.90 Å². The third-order valence-electron chi connectivity index (χ3n) is 4.49. The molecule has 0 fully saturated rings. The molecule has 5 heteroatoms. The van der Waals surface area contributed by atoms with E-state index in [2.05, 4.69) is 4.98 Å². The van der Waals surface area contributed by atoms with Crippen LogP contribution in [0.3, 0.4) is 0 Å². The highest BCUT2D eigenvalue weighted by Crippen LogP contribution is 2.38. The van der Waals surface area contributed by atoms with Crippen LogP contribution in [-0.4, -0.2) is 29.1 Å². The molecule has 0 saturated heterocycles. The number of carboxylic acid groups (broad SMARTS) is 1. The third kappa shape index (κ3) is 2.89. The molecule has 0 amide bonds. The Morgan fingerprint density at radius 2 is 2.00 bits per heavy atom. The molecule has 0 saturated carbocycles. The lowest BCUT2D eigenvalue weighted by Gasteiger charge is -2.19. The number of rotatable bonds is 4. The Morgan fingerprint density at radius 1 is 1.20 bits per heavy atom. The average molecular weight is 334 g/mol. The number of ether oxygens (including phenoxy) is 1. The monoisotopic (exact) mass is 334 g/mol. The minimum absolute atomic E-state index is 0.00464. The van der Waals surface area contributed by atoms with Gasteiger partial charge in [-0.15, -0.1) is 0 Å². The van der Waals surface area contributed by atoms with Crippen molar-refractivity contribution >= 4 is 22.6 Å². The maximum Gasteiger partial charge on any atom is 0.323 e. The van der Waals surface area contributed by atoms with Crippen LogP contribution >= 0.6 is 0 Å². The normalized spacial score (nSPS) is 13.1. The highest BCUT2D eigenvalue weighted by molar-refractivity contribution is 5.97. The maximum absolute atomic E-state index is 11.2. The van der Waals surface area contributed by atoms with Crippen LogP contribution in [0.25, 0.3) is 10.9 Å². The van der Waals surface area contributed by atoms with E-state index in [1.807, 2.05) is 60.4 Å². The molecule has 0 aliphatic carbocycles. The summed E-state index contributed by atoms with van der Waals surface area (Å²) in [6.07, 6.45) is 0.821. The second-order valence-electron chi connectivity index (χ2n) is 6.18. The number of carboxylic acids is 1. The number of aliphatic carboxylic acids is 1. The van der Waals surface area contributed by atoms with Crippen LogP contribution in [-0.2, 0) is 11.2 Å². The minimum atomic E-state index is -0.827. The lowest BCUT2D eigenvalue weighted by molar-refractivity contribution is -0.135. The lowest BCUT2D eigenvalue weighted by atomic mass is 10.1. The van der Waals surface area contributed by atoms with E-state index in [4.69, 9.17) is 4.74 Å². The molecule has 0 bridgehead atoms. The molecule has 25 heavy (non-hydrogen) atoms. The van der Waals surface area contributed by atoms with Crippen molar-refractivity contribution in [2.45, 2.75) is 13.3 Å². The van der Waals surface area contributed by atoms with Crippen molar-refractivity contribution in [2.24, 2.45) is 0 Å². The van der Waals surface area contributed by atoms with E-state index in [0.717, 1.165) is 40.0 Å². The van der Waals surface area contributed by atoms with Gasteiger partial charge < -0.3 is 14.7 Å². The van der Waals surface area contributed by atoms with Crippen LogP contribution in [0.1, 0.15) is 11.3 Å². The van der Waals surface area contributed by atoms with E-state index in [1.54, 1.807) is 0 Å². The third-order valence-corrected chi connectivity index (χ3v) is 4.49. The van der Waals surface area contributed by atoms with E-state index < -0.39 is 5.97 Å². The first kappa shape index (κ1) is 15.4. The van der Waals surface area contributed by atoms with Gasteiger partial charge >= 0.3 is 5.97 Å². The number of carbonyl (C=O) groups is 1. The summed E-state index contributed by atoms with van der Waals surface area (Å²) in [6, 6.07) is 15.4. The van der Waals surface area contributed by atoms with E-state index in [-0.39, 0.29) is 6.54 Å². The summed E-state index contributed by atoms with van der Waals surface area (Å²) in [7, 11) is 0. The number of nitrogens with zero attached hydrogens (tertiary/aromatic N) is 2. The molecule has 0 spiro atoms.